The molecule has 0 saturated carbocycles. The molecule has 0 spiro atoms. The molecule has 1 aromatic heterocycles. The van der Waals surface area contributed by atoms with Gasteiger partial charge in [-0.25, -0.2) is 0 Å². The first-order chi connectivity index (χ1) is 9.17. The SMILES string of the molecule is CC12CCc3sc(=O)sc3C1c1ccccc1OC2. The zero-order valence-electron chi connectivity index (χ0n) is 10.6. The predicted octanol–water partition coefficient (Wildman–Crippen LogP) is 3.65. The number of para-hydroxylation sites is 1. The molecule has 0 saturated heterocycles. The number of rotatable bonds is 0. The van der Waals surface area contributed by atoms with Crippen LogP contribution in [0, 0.1) is 5.41 Å². The van der Waals surface area contributed by atoms with Gasteiger partial charge in [-0.1, -0.05) is 47.8 Å². The van der Waals surface area contributed by atoms with Crippen LogP contribution < -0.4 is 8.79 Å². The zero-order valence-corrected chi connectivity index (χ0v) is 12.3. The fourth-order valence-electron chi connectivity index (χ4n) is 3.34. The maximum absolute atomic E-state index is 11.8. The lowest BCUT2D eigenvalue weighted by Crippen LogP contribution is -2.39. The van der Waals surface area contributed by atoms with E-state index in [2.05, 4.69) is 19.1 Å². The van der Waals surface area contributed by atoms with Crippen molar-refractivity contribution in [1.82, 2.24) is 0 Å². The molecule has 2 aromatic rings. The van der Waals surface area contributed by atoms with Crippen LogP contribution in [0.5, 0.6) is 5.75 Å². The quantitative estimate of drug-likeness (QED) is 0.740. The molecule has 2 atom stereocenters. The van der Waals surface area contributed by atoms with Gasteiger partial charge >= 0.3 is 0 Å². The molecule has 2 aliphatic rings. The van der Waals surface area contributed by atoms with E-state index < -0.39 is 0 Å². The molecule has 0 fully saturated rings. The summed E-state index contributed by atoms with van der Waals surface area (Å²) in [6.07, 6.45) is 2.13. The van der Waals surface area contributed by atoms with Gasteiger partial charge < -0.3 is 4.74 Å². The molecule has 0 N–H and O–H groups in total. The highest BCUT2D eigenvalue weighted by molar-refractivity contribution is 7.27. The lowest BCUT2D eigenvalue weighted by atomic mass is 9.66. The molecule has 0 amide bonds. The molecular formula is C15H14O2S2. The van der Waals surface area contributed by atoms with Crippen LogP contribution in [0.4, 0.5) is 0 Å². The molecule has 4 rings (SSSR count). The Morgan fingerprint density at radius 3 is 3.05 bits per heavy atom. The second-order valence-corrected chi connectivity index (χ2v) is 8.00. The van der Waals surface area contributed by atoms with Gasteiger partial charge in [-0.15, -0.1) is 0 Å². The second kappa shape index (κ2) is 3.93. The molecular weight excluding hydrogens is 276 g/mol. The fraction of sp³-hybridized carbons (Fsp3) is 0.400. The van der Waals surface area contributed by atoms with Gasteiger partial charge in [0.2, 0.25) is 0 Å². The number of benzene rings is 1. The lowest BCUT2D eigenvalue weighted by molar-refractivity contribution is 0.103. The van der Waals surface area contributed by atoms with Crippen LogP contribution in [0.1, 0.15) is 34.6 Å². The Morgan fingerprint density at radius 1 is 1.32 bits per heavy atom. The summed E-state index contributed by atoms with van der Waals surface area (Å²) in [7, 11) is 0. The molecule has 1 aliphatic carbocycles. The van der Waals surface area contributed by atoms with E-state index in [4.69, 9.17) is 4.74 Å². The molecule has 98 valence electrons. The van der Waals surface area contributed by atoms with Crippen molar-refractivity contribution in [1.29, 1.82) is 0 Å². The average molecular weight is 290 g/mol. The molecule has 2 unspecified atom stereocenters. The normalized spacial score (nSPS) is 27.9. The number of ether oxygens (including phenoxy) is 1. The minimum Gasteiger partial charge on any atom is -0.493 e. The van der Waals surface area contributed by atoms with Crippen molar-refractivity contribution in [2.45, 2.75) is 25.7 Å². The lowest BCUT2D eigenvalue weighted by Gasteiger charge is -2.44. The van der Waals surface area contributed by atoms with Gasteiger partial charge in [-0.3, -0.25) is 4.79 Å². The van der Waals surface area contributed by atoms with E-state index in [-0.39, 0.29) is 9.47 Å². The third-order valence-corrected chi connectivity index (χ3v) is 6.68. The van der Waals surface area contributed by atoms with E-state index in [1.54, 1.807) is 0 Å². The van der Waals surface area contributed by atoms with Crippen LogP contribution in [-0.2, 0) is 6.42 Å². The number of hydrogen-bond acceptors (Lipinski definition) is 4. The van der Waals surface area contributed by atoms with Crippen molar-refractivity contribution in [2.75, 3.05) is 6.61 Å². The summed E-state index contributed by atoms with van der Waals surface area (Å²) in [5, 5.41) is 0. The summed E-state index contributed by atoms with van der Waals surface area (Å²) >= 11 is 2.89. The topological polar surface area (TPSA) is 26.3 Å². The minimum absolute atomic E-state index is 0.130. The van der Waals surface area contributed by atoms with Gasteiger partial charge in [0, 0.05) is 26.7 Å². The number of aryl methyl sites for hydroxylation is 1. The maximum Gasteiger partial charge on any atom is 0.287 e. The van der Waals surface area contributed by atoms with Crippen molar-refractivity contribution < 1.29 is 4.74 Å². The fourth-order valence-corrected chi connectivity index (χ4v) is 5.87. The highest BCUT2D eigenvalue weighted by Crippen LogP contribution is 2.55. The second-order valence-electron chi connectivity index (χ2n) is 5.66. The van der Waals surface area contributed by atoms with Gasteiger partial charge in [-0.05, 0) is 18.9 Å². The summed E-state index contributed by atoms with van der Waals surface area (Å²) in [5.74, 6) is 1.33. The molecule has 19 heavy (non-hydrogen) atoms. The van der Waals surface area contributed by atoms with Gasteiger partial charge in [0.1, 0.15) is 5.75 Å². The van der Waals surface area contributed by atoms with Gasteiger partial charge in [0.25, 0.3) is 4.06 Å². The highest BCUT2D eigenvalue weighted by atomic mass is 32.2. The summed E-state index contributed by atoms with van der Waals surface area (Å²) in [4.78, 5) is 14.3. The summed E-state index contributed by atoms with van der Waals surface area (Å²) in [5.41, 5.74) is 1.39. The van der Waals surface area contributed by atoms with Gasteiger partial charge in [-0.2, -0.15) is 0 Å². The Hall–Kier alpha value is -1.13. The predicted molar refractivity (Wildman–Crippen MR) is 78.7 cm³/mol. The van der Waals surface area contributed by atoms with Crippen LogP contribution in [0.2, 0.25) is 0 Å². The summed E-state index contributed by atoms with van der Waals surface area (Å²) < 4.78 is 6.18. The third kappa shape index (κ3) is 1.63. The smallest absolute Gasteiger partial charge is 0.287 e. The molecule has 2 heterocycles. The van der Waals surface area contributed by atoms with Gasteiger partial charge in [0.15, 0.2) is 0 Å². The molecule has 1 aromatic carbocycles. The van der Waals surface area contributed by atoms with E-state index in [0.717, 1.165) is 25.2 Å². The van der Waals surface area contributed by atoms with Crippen molar-refractivity contribution in [3.63, 3.8) is 0 Å². The first kappa shape index (κ1) is 11.7. The van der Waals surface area contributed by atoms with E-state index in [1.165, 1.54) is 38.0 Å². The van der Waals surface area contributed by atoms with Crippen LogP contribution in [0.25, 0.3) is 0 Å². The van der Waals surface area contributed by atoms with E-state index in [1.807, 2.05) is 12.1 Å². The number of hydrogen-bond donors (Lipinski definition) is 0. The van der Waals surface area contributed by atoms with Crippen LogP contribution in [-0.4, -0.2) is 6.61 Å². The highest BCUT2D eigenvalue weighted by Gasteiger charge is 2.46. The van der Waals surface area contributed by atoms with Crippen LogP contribution in [0.15, 0.2) is 29.1 Å². The van der Waals surface area contributed by atoms with Gasteiger partial charge in [0.05, 0.1) is 6.61 Å². The summed E-state index contributed by atoms with van der Waals surface area (Å²) in [6, 6.07) is 8.28. The Labute approximate surface area is 119 Å². The molecule has 2 nitrogen and oxygen atoms in total. The Morgan fingerprint density at radius 2 is 2.16 bits per heavy atom. The van der Waals surface area contributed by atoms with Crippen LogP contribution >= 0.6 is 22.7 Å². The molecule has 4 heteroatoms. The maximum atomic E-state index is 11.8. The largest absolute Gasteiger partial charge is 0.493 e. The standard InChI is InChI=1S/C15H14O2S2/c1-15-7-6-11-13(19-14(16)18-11)12(15)9-4-2-3-5-10(9)17-8-15/h2-5,12H,6-8H2,1H3. The Bertz CT molecular complexity index is 700. The average Bonchev–Trinajstić information content (AvgIpc) is 2.78. The first-order valence-corrected chi connectivity index (χ1v) is 8.15. The monoisotopic (exact) mass is 290 g/mol. The van der Waals surface area contributed by atoms with Crippen molar-refractivity contribution in [2.24, 2.45) is 5.41 Å². The molecule has 1 aliphatic heterocycles. The minimum atomic E-state index is 0.130. The zero-order chi connectivity index (χ0) is 13.0. The summed E-state index contributed by atoms with van der Waals surface area (Å²) in [6.45, 7) is 3.05. The molecule has 0 bridgehead atoms. The van der Waals surface area contributed by atoms with E-state index in [9.17, 15) is 4.79 Å². The van der Waals surface area contributed by atoms with E-state index >= 15 is 0 Å². The first-order valence-electron chi connectivity index (χ1n) is 6.52. The van der Waals surface area contributed by atoms with Crippen molar-refractivity contribution in [3.8, 4) is 5.75 Å². The van der Waals surface area contributed by atoms with Crippen molar-refractivity contribution >= 4 is 22.7 Å². The third-order valence-electron chi connectivity index (χ3n) is 4.34. The molecule has 0 radical (unpaired) electrons. The van der Waals surface area contributed by atoms with Crippen molar-refractivity contribution in [3.05, 3.63) is 48.4 Å². The Balaban J connectivity index is 1.98. The van der Waals surface area contributed by atoms with E-state index in [0.29, 0.717) is 5.92 Å². The van der Waals surface area contributed by atoms with Crippen LogP contribution in [0.3, 0.4) is 0 Å². The Kier molecular flexibility index (Phi) is 2.42. The number of fused-ring (bicyclic) bond motifs is 5.